The van der Waals surface area contributed by atoms with Gasteiger partial charge in [0.05, 0.1) is 18.7 Å². The first-order valence-corrected chi connectivity index (χ1v) is 5.16. The topological polar surface area (TPSA) is 62.1 Å². The molecule has 88 valence electrons. The molecule has 1 amide bonds. The summed E-state index contributed by atoms with van der Waals surface area (Å²) < 4.78 is 5.09. The molecule has 17 heavy (non-hydrogen) atoms. The predicted octanol–water partition coefficient (Wildman–Crippen LogP) is 1.72. The van der Waals surface area contributed by atoms with Crippen molar-refractivity contribution in [1.82, 2.24) is 5.32 Å². The van der Waals surface area contributed by atoms with Crippen molar-refractivity contribution in [3.05, 3.63) is 35.4 Å². The van der Waals surface area contributed by atoms with E-state index in [1.165, 1.54) is 6.92 Å². The fraction of sp³-hybridized carbons (Fsp3) is 0.231. The molecule has 0 bridgehead atoms. The van der Waals surface area contributed by atoms with E-state index in [1.54, 1.807) is 37.5 Å². The number of nitrogens with one attached hydrogen (secondary N) is 1. The lowest BCUT2D eigenvalue weighted by Crippen LogP contribution is -2.19. The normalized spacial score (nSPS) is 9.94. The number of carbonyl (C=O) groups is 1. The average molecular weight is 230 g/mol. The van der Waals surface area contributed by atoms with E-state index >= 15 is 0 Å². The minimum Gasteiger partial charge on any atom is -0.497 e. The maximum Gasteiger partial charge on any atom is 0.217 e. The Hall–Kier alpha value is -2.28. The summed E-state index contributed by atoms with van der Waals surface area (Å²) in [6, 6.07) is 7.33. The molecule has 1 aromatic carbocycles. The van der Waals surface area contributed by atoms with Crippen LogP contribution in [0.2, 0.25) is 0 Å². The molecule has 0 unspecified atom stereocenters. The number of ether oxygens (including phenoxy) is 1. The monoisotopic (exact) mass is 230 g/mol. The van der Waals surface area contributed by atoms with Crippen molar-refractivity contribution in [2.45, 2.75) is 6.92 Å². The Labute approximate surface area is 101 Å². The number of amides is 1. The molecule has 0 saturated carbocycles. The Morgan fingerprint density at radius 1 is 1.59 bits per heavy atom. The van der Waals surface area contributed by atoms with Gasteiger partial charge >= 0.3 is 0 Å². The van der Waals surface area contributed by atoms with Gasteiger partial charge in [-0.25, -0.2) is 0 Å². The molecule has 0 heterocycles. The number of benzene rings is 1. The van der Waals surface area contributed by atoms with E-state index in [0.717, 1.165) is 5.56 Å². The SMILES string of the molecule is COc1ccc(C#N)c(C=CCNC(C)=O)c1. The lowest BCUT2D eigenvalue weighted by Gasteiger charge is -2.03. The van der Waals surface area contributed by atoms with Gasteiger partial charge in [-0.2, -0.15) is 5.26 Å². The Bertz CT molecular complexity index is 473. The van der Waals surface area contributed by atoms with Crippen LogP contribution in [0.3, 0.4) is 0 Å². The average Bonchev–Trinajstić information content (AvgIpc) is 2.34. The van der Waals surface area contributed by atoms with Crippen LogP contribution >= 0.6 is 0 Å². The Morgan fingerprint density at radius 2 is 2.35 bits per heavy atom. The van der Waals surface area contributed by atoms with E-state index in [9.17, 15) is 4.79 Å². The van der Waals surface area contributed by atoms with E-state index < -0.39 is 0 Å². The van der Waals surface area contributed by atoms with Crippen LogP contribution < -0.4 is 10.1 Å². The first-order chi connectivity index (χ1) is 8.17. The summed E-state index contributed by atoms with van der Waals surface area (Å²) in [5, 5.41) is 11.6. The van der Waals surface area contributed by atoms with E-state index in [4.69, 9.17) is 10.00 Å². The van der Waals surface area contributed by atoms with Crippen LogP contribution in [0.5, 0.6) is 5.75 Å². The highest BCUT2D eigenvalue weighted by Gasteiger charge is 2.00. The van der Waals surface area contributed by atoms with Gasteiger partial charge in [0.1, 0.15) is 5.75 Å². The van der Waals surface area contributed by atoms with Crippen LogP contribution in [-0.4, -0.2) is 19.6 Å². The molecule has 0 saturated heterocycles. The van der Waals surface area contributed by atoms with Crippen molar-refractivity contribution in [3.8, 4) is 11.8 Å². The quantitative estimate of drug-likeness (QED) is 0.856. The van der Waals surface area contributed by atoms with E-state index in [0.29, 0.717) is 17.9 Å². The Balaban J connectivity index is 2.81. The zero-order valence-electron chi connectivity index (χ0n) is 9.86. The first-order valence-electron chi connectivity index (χ1n) is 5.16. The lowest BCUT2D eigenvalue weighted by molar-refractivity contribution is -0.118. The van der Waals surface area contributed by atoms with Crippen molar-refractivity contribution < 1.29 is 9.53 Å². The molecule has 0 aliphatic heterocycles. The zero-order chi connectivity index (χ0) is 12.7. The van der Waals surface area contributed by atoms with Gasteiger partial charge in [-0.15, -0.1) is 0 Å². The van der Waals surface area contributed by atoms with Gasteiger partial charge in [0, 0.05) is 13.5 Å². The molecule has 0 aliphatic carbocycles. The van der Waals surface area contributed by atoms with Gasteiger partial charge in [-0.3, -0.25) is 4.79 Å². The van der Waals surface area contributed by atoms with Gasteiger partial charge in [-0.05, 0) is 23.8 Å². The highest BCUT2D eigenvalue weighted by molar-refractivity contribution is 5.73. The molecule has 4 heteroatoms. The Kier molecular flexibility index (Phi) is 4.77. The molecule has 0 radical (unpaired) electrons. The number of rotatable bonds is 4. The van der Waals surface area contributed by atoms with Crippen LogP contribution in [0.25, 0.3) is 6.08 Å². The summed E-state index contributed by atoms with van der Waals surface area (Å²) in [6.45, 7) is 1.90. The van der Waals surface area contributed by atoms with Gasteiger partial charge in [0.2, 0.25) is 5.91 Å². The van der Waals surface area contributed by atoms with Gasteiger partial charge < -0.3 is 10.1 Å². The summed E-state index contributed by atoms with van der Waals surface area (Å²) in [5.74, 6) is 0.615. The van der Waals surface area contributed by atoms with Crippen LogP contribution in [0, 0.1) is 11.3 Å². The highest BCUT2D eigenvalue weighted by atomic mass is 16.5. The van der Waals surface area contributed by atoms with Crippen molar-refractivity contribution >= 4 is 12.0 Å². The molecular weight excluding hydrogens is 216 g/mol. The summed E-state index contributed by atoms with van der Waals surface area (Å²) in [4.78, 5) is 10.7. The number of hydrogen-bond acceptors (Lipinski definition) is 3. The van der Waals surface area contributed by atoms with Crippen molar-refractivity contribution in [2.75, 3.05) is 13.7 Å². The molecule has 4 nitrogen and oxygen atoms in total. The molecule has 0 aromatic heterocycles. The molecule has 1 N–H and O–H groups in total. The number of methoxy groups -OCH3 is 1. The third kappa shape index (κ3) is 3.99. The summed E-state index contributed by atoms with van der Waals surface area (Å²) in [6.07, 6.45) is 3.58. The zero-order valence-corrected chi connectivity index (χ0v) is 9.86. The van der Waals surface area contributed by atoms with Crippen molar-refractivity contribution in [2.24, 2.45) is 0 Å². The van der Waals surface area contributed by atoms with Crippen molar-refractivity contribution in [3.63, 3.8) is 0 Å². The highest BCUT2D eigenvalue weighted by Crippen LogP contribution is 2.18. The predicted molar refractivity (Wildman–Crippen MR) is 65.4 cm³/mol. The third-order valence-electron chi connectivity index (χ3n) is 2.15. The van der Waals surface area contributed by atoms with Crippen LogP contribution in [0.15, 0.2) is 24.3 Å². The molecule has 0 spiro atoms. The minimum absolute atomic E-state index is 0.0826. The summed E-state index contributed by atoms with van der Waals surface area (Å²) in [5.41, 5.74) is 1.35. The van der Waals surface area contributed by atoms with Gasteiger partial charge in [-0.1, -0.05) is 12.2 Å². The first kappa shape index (κ1) is 12.8. The van der Waals surface area contributed by atoms with Crippen LogP contribution in [0.1, 0.15) is 18.1 Å². The molecule has 0 atom stereocenters. The summed E-state index contributed by atoms with van der Waals surface area (Å²) in [7, 11) is 1.58. The van der Waals surface area contributed by atoms with E-state index in [2.05, 4.69) is 11.4 Å². The fourth-order valence-corrected chi connectivity index (χ4v) is 1.30. The number of nitrogens with zero attached hydrogens (tertiary/aromatic N) is 1. The fourth-order valence-electron chi connectivity index (χ4n) is 1.30. The largest absolute Gasteiger partial charge is 0.497 e. The second kappa shape index (κ2) is 6.33. The van der Waals surface area contributed by atoms with E-state index in [1.807, 2.05) is 0 Å². The molecular formula is C13H14N2O2. The van der Waals surface area contributed by atoms with Gasteiger partial charge in [0.25, 0.3) is 0 Å². The second-order valence-corrected chi connectivity index (χ2v) is 3.40. The van der Waals surface area contributed by atoms with Crippen molar-refractivity contribution in [1.29, 1.82) is 5.26 Å². The lowest BCUT2D eigenvalue weighted by atomic mass is 10.1. The maximum absolute atomic E-state index is 10.7. The number of carbonyl (C=O) groups excluding carboxylic acids is 1. The smallest absolute Gasteiger partial charge is 0.217 e. The minimum atomic E-state index is -0.0826. The maximum atomic E-state index is 10.7. The van der Waals surface area contributed by atoms with E-state index in [-0.39, 0.29) is 5.91 Å². The standard InChI is InChI=1S/C13H14N2O2/c1-10(16)15-7-3-4-11-8-13(17-2)6-5-12(11)9-14/h3-6,8H,7H2,1-2H3,(H,15,16). The van der Waals surface area contributed by atoms with Crippen LogP contribution in [0.4, 0.5) is 0 Å². The molecule has 0 aliphatic rings. The van der Waals surface area contributed by atoms with Gasteiger partial charge in [0.15, 0.2) is 0 Å². The number of hydrogen-bond donors (Lipinski definition) is 1. The molecule has 1 rings (SSSR count). The summed E-state index contributed by atoms with van der Waals surface area (Å²) >= 11 is 0. The third-order valence-corrected chi connectivity index (χ3v) is 2.15. The van der Waals surface area contributed by atoms with Crippen LogP contribution in [-0.2, 0) is 4.79 Å². The second-order valence-electron chi connectivity index (χ2n) is 3.40. The molecule has 0 fully saturated rings. The number of nitriles is 1. The Morgan fingerprint density at radius 3 is 2.94 bits per heavy atom. The molecule has 1 aromatic rings.